The van der Waals surface area contributed by atoms with Crippen LogP contribution in [-0.4, -0.2) is 49.1 Å². The Hall–Kier alpha value is -2.86. The number of carbonyl (C=O) groups is 1. The second-order valence-corrected chi connectivity index (χ2v) is 8.43. The maximum Gasteiger partial charge on any atom is 0.228 e. The molecule has 4 rings (SSSR count). The van der Waals surface area contributed by atoms with E-state index in [1.807, 2.05) is 40.6 Å². The van der Waals surface area contributed by atoms with Gasteiger partial charge in [0.1, 0.15) is 5.75 Å². The Kier molecular flexibility index (Phi) is 6.64. The molecule has 1 amide bonds. The summed E-state index contributed by atoms with van der Waals surface area (Å²) >= 11 is 1.64. The van der Waals surface area contributed by atoms with Crippen molar-refractivity contribution in [1.29, 1.82) is 0 Å². The van der Waals surface area contributed by atoms with Crippen LogP contribution in [0.25, 0.3) is 0 Å². The third-order valence-corrected chi connectivity index (χ3v) is 6.31. The highest BCUT2D eigenvalue weighted by Gasteiger charge is 2.20. The van der Waals surface area contributed by atoms with Gasteiger partial charge in [0.05, 0.1) is 24.2 Å². The lowest BCUT2D eigenvalue weighted by Crippen LogP contribution is -2.36. The molecule has 0 spiro atoms. The number of hydrogen-bond donors (Lipinski definition) is 0. The first-order valence-corrected chi connectivity index (χ1v) is 11.2. The first kappa shape index (κ1) is 20.4. The summed E-state index contributed by atoms with van der Waals surface area (Å²) in [5.74, 6) is 1.03. The summed E-state index contributed by atoms with van der Waals surface area (Å²) in [5.41, 5.74) is 3.30. The van der Waals surface area contributed by atoms with Gasteiger partial charge in [-0.2, -0.15) is 0 Å². The van der Waals surface area contributed by atoms with Crippen molar-refractivity contribution in [1.82, 2.24) is 9.88 Å². The van der Waals surface area contributed by atoms with Crippen LogP contribution in [0.4, 0.5) is 5.69 Å². The minimum atomic E-state index is 0.170. The van der Waals surface area contributed by atoms with Crippen molar-refractivity contribution >= 4 is 22.9 Å². The minimum Gasteiger partial charge on any atom is -0.497 e. The van der Waals surface area contributed by atoms with Crippen molar-refractivity contribution in [3.63, 3.8) is 0 Å². The molecule has 0 bridgehead atoms. The fourth-order valence-electron chi connectivity index (χ4n) is 3.77. The second kappa shape index (κ2) is 9.76. The summed E-state index contributed by atoms with van der Waals surface area (Å²) < 4.78 is 5.24. The number of methoxy groups -OCH3 is 1. The molecule has 30 heavy (non-hydrogen) atoms. The molecule has 1 aliphatic rings. The molecule has 2 heterocycles. The number of aromatic nitrogens is 1. The first-order chi connectivity index (χ1) is 14.7. The fourth-order valence-corrected chi connectivity index (χ4v) is 4.59. The normalized spacial score (nSPS) is 14.4. The molecule has 6 heteroatoms. The van der Waals surface area contributed by atoms with Crippen LogP contribution in [0.3, 0.4) is 0 Å². The summed E-state index contributed by atoms with van der Waals surface area (Å²) in [6.45, 7) is 3.33. The fraction of sp³-hybridized carbons (Fsp3) is 0.333. The van der Waals surface area contributed by atoms with Gasteiger partial charge in [0.25, 0.3) is 0 Å². The van der Waals surface area contributed by atoms with Crippen molar-refractivity contribution in [2.45, 2.75) is 19.3 Å². The molecule has 1 aromatic heterocycles. The number of rotatable bonds is 6. The molecule has 2 aromatic carbocycles. The molecule has 0 saturated carbocycles. The third kappa shape index (κ3) is 5.19. The monoisotopic (exact) mass is 421 g/mol. The van der Waals surface area contributed by atoms with E-state index in [-0.39, 0.29) is 5.91 Å². The van der Waals surface area contributed by atoms with Crippen LogP contribution in [0, 0.1) is 0 Å². The number of ether oxygens (including phenoxy) is 1. The standard InChI is InChI=1S/C24H27N3O2S/c1-29-22-10-8-21(9-11-22)26-12-5-13-27(15-14-26)24(28)17-20-18-30-23(25-20)16-19-6-3-2-4-7-19/h2-4,6-11,18H,5,12-17H2,1H3. The van der Waals surface area contributed by atoms with Crippen LogP contribution in [0.1, 0.15) is 22.7 Å². The van der Waals surface area contributed by atoms with E-state index >= 15 is 0 Å². The lowest BCUT2D eigenvalue weighted by atomic mass is 10.2. The van der Waals surface area contributed by atoms with Crippen LogP contribution >= 0.6 is 11.3 Å². The predicted octanol–water partition coefficient (Wildman–Crippen LogP) is 4.02. The average molecular weight is 422 g/mol. The minimum absolute atomic E-state index is 0.170. The first-order valence-electron chi connectivity index (χ1n) is 10.4. The van der Waals surface area contributed by atoms with Gasteiger partial charge < -0.3 is 14.5 Å². The lowest BCUT2D eigenvalue weighted by molar-refractivity contribution is -0.130. The molecule has 0 unspecified atom stereocenters. The van der Waals surface area contributed by atoms with E-state index in [9.17, 15) is 4.79 Å². The van der Waals surface area contributed by atoms with Gasteiger partial charge in [0.2, 0.25) is 5.91 Å². The Morgan fingerprint density at radius 3 is 2.60 bits per heavy atom. The summed E-state index contributed by atoms with van der Waals surface area (Å²) in [4.78, 5) is 21.9. The maximum atomic E-state index is 12.9. The Morgan fingerprint density at radius 1 is 1.03 bits per heavy atom. The largest absolute Gasteiger partial charge is 0.497 e. The number of nitrogens with zero attached hydrogens (tertiary/aromatic N) is 3. The van der Waals surface area contributed by atoms with E-state index < -0.39 is 0 Å². The molecule has 0 N–H and O–H groups in total. The molecule has 0 atom stereocenters. The maximum absolute atomic E-state index is 12.9. The highest BCUT2D eigenvalue weighted by Crippen LogP contribution is 2.21. The van der Waals surface area contributed by atoms with Gasteiger partial charge in [-0.05, 0) is 36.2 Å². The van der Waals surface area contributed by atoms with Crippen molar-refractivity contribution in [2.24, 2.45) is 0 Å². The van der Waals surface area contributed by atoms with Crippen molar-refractivity contribution in [2.75, 3.05) is 38.2 Å². The van der Waals surface area contributed by atoms with E-state index in [2.05, 4.69) is 29.2 Å². The van der Waals surface area contributed by atoms with Gasteiger partial charge in [-0.15, -0.1) is 11.3 Å². The van der Waals surface area contributed by atoms with E-state index in [0.717, 1.165) is 55.5 Å². The highest BCUT2D eigenvalue weighted by molar-refractivity contribution is 7.09. The summed E-state index contributed by atoms with van der Waals surface area (Å²) in [6.07, 6.45) is 2.17. The molecule has 1 saturated heterocycles. The van der Waals surface area contributed by atoms with Gasteiger partial charge in [-0.25, -0.2) is 4.98 Å². The van der Waals surface area contributed by atoms with Gasteiger partial charge in [0, 0.05) is 43.7 Å². The van der Waals surface area contributed by atoms with Gasteiger partial charge in [-0.1, -0.05) is 30.3 Å². The quantitative estimate of drug-likeness (QED) is 0.603. The van der Waals surface area contributed by atoms with E-state index in [0.29, 0.717) is 6.42 Å². The second-order valence-electron chi connectivity index (χ2n) is 7.49. The number of thiazole rings is 1. The molecule has 5 nitrogen and oxygen atoms in total. The van der Waals surface area contributed by atoms with Crippen molar-refractivity contribution in [3.05, 3.63) is 76.2 Å². The number of benzene rings is 2. The van der Waals surface area contributed by atoms with E-state index in [1.54, 1.807) is 18.4 Å². The topological polar surface area (TPSA) is 45.7 Å². The molecular weight excluding hydrogens is 394 g/mol. The highest BCUT2D eigenvalue weighted by atomic mass is 32.1. The van der Waals surface area contributed by atoms with Crippen molar-refractivity contribution in [3.8, 4) is 5.75 Å². The third-order valence-electron chi connectivity index (χ3n) is 5.42. The molecule has 0 aliphatic carbocycles. The summed E-state index contributed by atoms with van der Waals surface area (Å²) in [5, 5.41) is 3.09. The number of anilines is 1. The smallest absolute Gasteiger partial charge is 0.228 e. The van der Waals surface area contributed by atoms with Crippen LogP contribution in [0.15, 0.2) is 60.0 Å². The predicted molar refractivity (Wildman–Crippen MR) is 121 cm³/mol. The SMILES string of the molecule is COc1ccc(N2CCCN(C(=O)Cc3csc(Cc4ccccc4)n3)CC2)cc1. The zero-order chi connectivity index (χ0) is 20.8. The zero-order valence-electron chi connectivity index (χ0n) is 17.3. The lowest BCUT2D eigenvalue weighted by Gasteiger charge is -2.23. The molecular formula is C24H27N3O2S. The Morgan fingerprint density at radius 2 is 1.83 bits per heavy atom. The molecule has 0 radical (unpaired) electrons. The van der Waals surface area contributed by atoms with Gasteiger partial charge >= 0.3 is 0 Å². The average Bonchev–Trinajstić information content (AvgIpc) is 3.06. The van der Waals surface area contributed by atoms with Crippen LogP contribution in [-0.2, 0) is 17.6 Å². The summed E-state index contributed by atoms with van der Waals surface area (Å²) in [7, 11) is 1.68. The molecule has 1 fully saturated rings. The van der Waals surface area contributed by atoms with Gasteiger partial charge in [0.15, 0.2) is 0 Å². The van der Waals surface area contributed by atoms with Gasteiger partial charge in [-0.3, -0.25) is 4.79 Å². The van der Waals surface area contributed by atoms with Crippen LogP contribution in [0.2, 0.25) is 0 Å². The van der Waals surface area contributed by atoms with E-state index in [1.165, 1.54) is 11.3 Å². The molecule has 1 aliphatic heterocycles. The molecule has 3 aromatic rings. The zero-order valence-corrected chi connectivity index (χ0v) is 18.1. The number of hydrogen-bond acceptors (Lipinski definition) is 5. The number of amides is 1. The van der Waals surface area contributed by atoms with Crippen molar-refractivity contribution < 1.29 is 9.53 Å². The Labute approximate surface area is 181 Å². The Balaban J connectivity index is 1.32. The van der Waals surface area contributed by atoms with Crippen LogP contribution < -0.4 is 9.64 Å². The van der Waals surface area contributed by atoms with E-state index in [4.69, 9.17) is 9.72 Å². The van der Waals surface area contributed by atoms with Crippen LogP contribution in [0.5, 0.6) is 5.75 Å². The summed E-state index contributed by atoms with van der Waals surface area (Å²) in [6, 6.07) is 18.5. The molecule has 156 valence electrons. The Bertz CT molecular complexity index is 956. The number of carbonyl (C=O) groups excluding carboxylic acids is 1.